The van der Waals surface area contributed by atoms with Gasteiger partial charge >= 0.3 is 25.4 Å². The number of carbonyl (C=O) groups excluding carboxylic acids is 2. The van der Waals surface area contributed by atoms with Gasteiger partial charge in [-0.25, -0.2) is 9.36 Å². The number of esters is 2. The molecule has 3 N–H and O–H groups in total. The van der Waals surface area contributed by atoms with E-state index in [1.165, 1.54) is 96.7 Å². The summed E-state index contributed by atoms with van der Waals surface area (Å²) in [5.41, 5.74) is 3.32. The fourth-order valence-corrected chi connectivity index (χ4v) is 8.16. The van der Waals surface area contributed by atoms with Crippen molar-refractivity contribution in [2.24, 2.45) is 5.41 Å². The second kappa shape index (κ2) is 24.1. The first-order chi connectivity index (χ1) is 26.8. The van der Waals surface area contributed by atoms with Gasteiger partial charge in [-0.15, -0.1) is 0 Å². The number of carbonyl (C=O) groups is 2. The van der Waals surface area contributed by atoms with Gasteiger partial charge in [-0.1, -0.05) is 115 Å². The number of aromatic nitrogens is 2. The van der Waals surface area contributed by atoms with Gasteiger partial charge in [0.05, 0.1) is 18.8 Å². The van der Waals surface area contributed by atoms with E-state index < -0.39 is 68.0 Å². The van der Waals surface area contributed by atoms with E-state index in [-0.39, 0.29) is 18.0 Å². The van der Waals surface area contributed by atoms with Crippen LogP contribution < -0.4 is 21.0 Å². The smallest absolute Gasteiger partial charge is 0.459 e. The molecule has 0 bridgehead atoms. The zero-order chi connectivity index (χ0) is 41.0. The minimum absolute atomic E-state index is 0.0237. The number of para-hydroxylation sites is 1. The molecule has 15 heteroatoms. The Morgan fingerprint density at radius 1 is 0.964 bits per heavy atom. The zero-order valence-electron chi connectivity index (χ0n) is 34.0. The van der Waals surface area contributed by atoms with Crippen molar-refractivity contribution in [3.8, 4) is 11.8 Å². The zero-order valence-corrected chi connectivity index (χ0v) is 34.9. The van der Waals surface area contributed by atoms with Crippen molar-refractivity contribution >= 4 is 25.5 Å². The van der Waals surface area contributed by atoms with E-state index in [0.29, 0.717) is 6.42 Å². The summed E-state index contributed by atoms with van der Waals surface area (Å²) in [7, 11) is -4.36. The van der Waals surface area contributed by atoms with Crippen LogP contribution in [0, 0.1) is 16.7 Å². The van der Waals surface area contributed by atoms with Crippen molar-refractivity contribution in [1.82, 2.24) is 14.6 Å². The lowest BCUT2D eigenvalue weighted by Gasteiger charge is -2.29. The van der Waals surface area contributed by atoms with Gasteiger partial charge in [-0.3, -0.25) is 18.7 Å². The molecule has 312 valence electrons. The summed E-state index contributed by atoms with van der Waals surface area (Å²) >= 11 is 0. The molecule has 0 saturated carbocycles. The first-order valence-electron chi connectivity index (χ1n) is 20.4. The maximum Gasteiger partial charge on any atom is 0.459 e. The fraction of sp³-hybridized carbons (Fsp3) is 0.683. The predicted molar refractivity (Wildman–Crippen MR) is 214 cm³/mol. The van der Waals surface area contributed by atoms with Gasteiger partial charge in [0, 0.05) is 12.6 Å². The van der Waals surface area contributed by atoms with Crippen LogP contribution in [0.3, 0.4) is 0 Å². The van der Waals surface area contributed by atoms with Gasteiger partial charge in [0.1, 0.15) is 29.1 Å². The number of ether oxygens (including phenoxy) is 3. The van der Waals surface area contributed by atoms with Gasteiger partial charge in [-0.05, 0) is 52.3 Å². The number of rotatable bonds is 27. The number of nitrogens with zero attached hydrogens (tertiary/aromatic N) is 3. The van der Waals surface area contributed by atoms with E-state index in [2.05, 4.69) is 23.1 Å². The van der Waals surface area contributed by atoms with Crippen LogP contribution >= 0.6 is 7.75 Å². The third kappa shape index (κ3) is 15.3. The number of anilines is 1. The number of hydrogen-bond acceptors (Lipinski definition) is 12. The number of benzene rings is 1. The van der Waals surface area contributed by atoms with Crippen molar-refractivity contribution in [2.45, 2.75) is 168 Å². The highest BCUT2D eigenvalue weighted by atomic mass is 31.2. The summed E-state index contributed by atoms with van der Waals surface area (Å²) in [6, 6.07) is 10.7. The van der Waals surface area contributed by atoms with Crippen LogP contribution in [0.1, 0.15) is 144 Å². The lowest BCUT2D eigenvalue weighted by atomic mass is 9.83. The number of unbranched alkanes of at least 4 members (excludes halogenated alkanes) is 14. The van der Waals surface area contributed by atoms with Crippen LogP contribution in [0.15, 0.2) is 47.4 Å². The summed E-state index contributed by atoms with van der Waals surface area (Å²) < 4.78 is 44.4. The lowest BCUT2D eigenvalue weighted by Crippen LogP contribution is -2.43. The van der Waals surface area contributed by atoms with E-state index in [1.807, 2.05) is 0 Å². The van der Waals surface area contributed by atoms with Crippen molar-refractivity contribution in [3.63, 3.8) is 0 Å². The molecule has 1 fully saturated rings. The van der Waals surface area contributed by atoms with Crippen LogP contribution in [0.25, 0.3) is 0 Å². The second-order valence-corrected chi connectivity index (χ2v) is 16.8. The van der Waals surface area contributed by atoms with Gasteiger partial charge in [0.15, 0.2) is 12.3 Å². The SMILES string of the molecule is CCCCCCCCCCCCCCCCCC(=O)O[C@@H]1[C@@H](COP(=O)(N[C@@H](C)C(=O)OC(C)C)Oc2ccccc2)O[C@@H](n2ccc(N)nc2=O)[C@]1(C)C#N. The molecule has 1 aliphatic rings. The average molecular weight is 802 g/mol. The predicted octanol–water partition coefficient (Wildman–Crippen LogP) is 8.56. The normalized spacial score (nSPS) is 20.9. The number of nitrogens with one attached hydrogen (secondary N) is 1. The van der Waals surface area contributed by atoms with Crippen LogP contribution in [0.5, 0.6) is 5.75 Å². The van der Waals surface area contributed by atoms with Gasteiger partial charge in [0.2, 0.25) is 0 Å². The van der Waals surface area contributed by atoms with Crippen LogP contribution in [0.2, 0.25) is 0 Å². The largest absolute Gasteiger partial charge is 0.462 e. The molecule has 0 aliphatic carbocycles. The molecular weight excluding hydrogens is 737 g/mol. The first kappa shape index (κ1) is 46.6. The average Bonchev–Trinajstić information content (AvgIpc) is 3.42. The molecule has 2 heterocycles. The molecule has 14 nitrogen and oxygen atoms in total. The van der Waals surface area contributed by atoms with Crippen molar-refractivity contribution in [3.05, 3.63) is 53.1 Å². The van der Waals surface area contributed by atoms with Crippen molar-refractivity contribution < 1.29 is 37.4 Å². The molecule has 0 radical (unpaired) electrons. The topological polar surface area (TPSA) is 194 Å². The first-order valence-corrected chi connectivity index (χ1v) is 21.9. The standard InChI is InChI=1S/C41H64N5O9P/c1-6-7-8-9-10-11-12-13-14-15-16-17-18-19-23-26-36(47)54-37-34(53-39(41(37,5)30-42)46-28-27-35(43)44-40(46)49)29-51-56(50,55-33-24-21-20-22-25-33)45-32(4)38(48)52-31(2)3/h20-22,24-25,27-28,31-32,34,37,39H,6-19,23,26,29H2,1-5H3,(H,45,50)(H2,43,44,49)/t32-,34+,37+,39+,41+,56?/m0/s1. The number of nitriles is 1. The summed E-state index contributed by atoms with van der Waals surface area (Å²) in [5.74, 6) is -1.07. The molecule has 1 aliphatic heterocycles. The van der Waals surface area contributed by atoms with E-state index in [0.717, 1.165) is 23.8 Å². The van der Waals surface area contributed by atoms with Gasteiger partial charge in [-0.2, -0.15) is 15.3 Å². The number of nitrogens with two attached hydrogens (primary N) is 1. The van der Waals surface area contributed by atoms with Crippen molar-refractivity contribution in [2.75, 3.05) is 12.3 Å². The third-order valence-electron chi connectivity index (χ3n) is 9.77. The molecule has 1 aromatic heterocycles. The summed E-state index contributed by atoms with van der Waals surface area (Å²) in [6.07, 6.45) is 15.2. The Balaban J connectivity index is 1.65. The highest BCUT2D eigenvalue weighted by Crippen LogP contribution is 2.50. The number of hydrogen-bond donors (Lipinski definition) is 2. The summed E-state index contributed by atoms with van der Waals surface area (Å²) in [5, 5.41) is 13.1. The maximum absolute atomic E-state index is 14.2. The minimum atomic E-state index is -4.36. The van der Waals surface area contributed by atoms with Crippen LogP contribution in [-0.4, -0.2) is 52.5 Å². The van der Waals surface area contributed by atoms with E-state index in [4.69, 9.17) is 29.0 Å². The third-order valence-corrected chi connectivity index (χ3v) is 11.4. The maximum atomic E-state index is 14.2. The molecule has 0 spiro atoms. The molecule has 1 aromatic carbocycles. The highest BCUT2D eigenvalue weighted by molar-refractivity contribution is 7.52. The van der Waals surface area contributed by atoms with Gasteiger partial charge in [0.25, 0.3) is 0 Å². The van der Waals surface area contributed by atoms with E-state index >= 15 is 0 Å². The van der Waals surface area contributed by atoms with E-state index in [1.54, 1.807) is 44.2 Å². The van der Waals surface area contributed by atoms with Crippen molar-refractivity contribution in [1.29, 1.82) is 5.26 Å². The fourth-order valence-electron chi connectivity index (χ4n) is 6.65. The highest BCUT2D eigenvalue weighted by Gasteiger charge is 2.58. The van der Waals surface area contributed by atoms with Crippen LogP contribution in [-0.2, 0) is 32.9 Å². The molecule has 3 rings (SSSR count). The Kier molecular flexibility index (Phi) is 20.1. The second-order valence-electron chi connectivity index (χ2n) is 15.1. The summed E-state index contributed by atoms with van der Waals surface area (Å²) in [4.78, 5) is 42.7. The summed E-state index contributed by atoms with van der Waals surface area (Å²) in [6.45, 7) is 8.05. The molecule has 2 aromatic rings. The molecule has 1 saturated heterocycles. The Bertz CT molecular complexity index is 1630. The van der Waals surface area contributed by atoms with E-state index in [9.17, 15) is 24.2 Å². The molecule has 1 unspecified atom stereocenters. The van der Waals surface area contributed by atoms with Crippen LogP contribution in [0.4, 0.5) is 5.82 Å². The Hall–Kier alpha value is -3.76. The monoisotopic (exact) mass is 801 g/mol. The lowest BCUT2D eigenvalue weighted by molar-refractivity contribution is -0.156. The molecule has 56 heavy (non-hydrogen) atoms. The Morgan fingerprint density at radius 2 is 1.54 bits per heavy atom. The molecule has 0 amide bonds. The van der Waals surface area contributed by atoms with Gasteiger partial charge < -0.3 is 24.5 Å². The molecular formula is C41H64N5O9P. The number of nitrogen functional groups attached to an aromatic ring is 1. The Labute approximate surface area is 332 Å². The Morgan fingerprint density at radius 3 is 2.07 bits per heavy atom. The molecule has 6 atom stereocenters. The minimum Gasteiger partial charge on any atom is -0.462 e. The quantitative estimate of drug-likeness (QED) is 0.0496.